The van der Waals surface area contributed by atoms with Gasteiger partial charge in [-0.1, -0.05) is 25.7 Å². The molecule has 1 heterocycles. The summed E-state index contributed by atoms with van der Waals surface area (Å²) in [5.74, 6) is 2.00. The predicted octanol–water partition coefficient (Wildman–Crippen LogP) is 2.92. The molecule has 1 aliphatic heterocycles. The van der Waals surface area contributed by atoms with E-state index in [9.17, 15) is 0 Å². The van der Waals surface area contributed by atoms with Crippen LogP contribution in [0.2, 0.25) is 0 Å². The molecule has 1 aliphatic carbocycles. The van der Waals surface area contributed by atoms with Crippen molar-refractivity contribution in [3.8, 4) is 0 Å². The molecule has 0 spiro atoms. The van der Waals surface area contributed by atoms with E-state index < -0.39 is 0 Å². The van der Waals surface area contributed by atoms with Gasteiger partial charge >= 0.3 is 0 Å². The van der Waals surface area contributed by atoms with E-state index >= 15 is 0 Å². The maximum atomic E-state index is 3.31. The lowest BCUT2D eigenvalue weighted by molar-refractivity contribution is 0.173. The van der Waals surface area contributed by atoms with Crippen LogP contribution >= 0.6 is 12.4 Å². The minimum Gasteiger partial charge on any atom is -0.319 e. The van der Waals surface area contributed by atoms with Crippen molar-refractivity contribution in [1.29, 1.82) is 0 Å². The number of hydrogen-bond acceptors (Lipinski definition) is 2. The first-order chi connectivity index (χ1) is 7.88. The van der Waals surface area contributed by atoms with E-state index in [0.29, 0.717) is 0 Å². The van der Waals surface area contributed by atoms with Crippen molar-refractivity contribution < 1.29 is 0 Å². The SMILES string of the molecule is CNCC1CCN(CCC2CCCC2)CC1.Cl. The lowest BCUT2D eigenvalue weighted by Gasteiger charge is -2.32. The van der Waals surface area contributed by atoms with E-state index in [4.69, 9.17) is 0 Å². The van der Waals surface area contributed by atoms with Crippen molar-refractivity contribution in [3.05, 3.63) is 0 Å². The van der Waals surface area contributed by atoms with E-state index in [0.717, 1.165) is 11.8 Å². The first kappa shape index (κ1) is 15.3. The molecule has 0 aromatic carbocycles. The summed E-state index contributed by atoms with van der Waals surface area (Å²) in [7, 11) is 2.08. The number of piperidine rings is 1. The largest absolute Gasteiger partial charge is 0.319 e. The van der Waals surface area contributed by atoms with Crippen LogP contribution in [0.3, 0.4) is 0 Å². The van der Waals surface area contributed by atoms with Gasteiger partial charge in [0.25, 0.3) is 0 Å². The van der Waals surface area contributed by atoms with Gasteiger partial charge in [0, 0.05) is 0 Å². The van der Waals surface area contributed by atoms with Gasteiger partial charge in [0.2, 0.25) is 0 Å². The van der Waals surface area contributed by atoms with Crippen molar-refractivity contribution >= 4 is 12.4 Å². The van der Waals surface area contributed by atoms with Crippen LogP contribution in [0, 0.1) is 11.8 Å². The van der Waals surface area contributed by atoms with Crippen molar-refractivity contribution in [3.63, 3.8) is 0 Å². The highest BCUT2D eigenvalue weighted by Crippen LogP contribution is 2.28. The third-order valence-corrected chi connectivity index (χ3v) is 4.53. The molecule has 2 rings (SSSR count). The summed E-state index contributed by atoms with van der Waals surface area (Å²) in [6.07, 6.45) is 10.3. The van der Waals surface area contributed by atoms with Crippen molar-refractivity contribution in [2.75, 3.05) is 33.2 Å². The van der Waals surface area contributed by atoms with Gasteiger partial charge in [-0.05, 0) is 64.3 Å². The Bertz CT molecular complexity index is 185. The Hall–Kier alpha value is 0.210. The second-order valence-electron chi connectivity index (χ2n) is 5.78. The average Bonchev–Trinajstić information content (AvgIpc) is 2.82. The summed E-state index contributed by atoms with van der Waals surface area (Å²) < 4.78 is 0. The van der Waals surface area contributed by atoms with Crippen LogP contribution in [0.5, 0.6) is 0 Å². The van der Waals surface area contributed by atoms with E-state index in [1.165, 1.54) is 71.1 Å². The Morgan fingerprint density at radius 3 is 2.24 bits per heavy atom. The molecule has 0 amide bonds. The maximum Gasteiger partial charge on any atom is -0.00156 e. The number of halogens is 1. The monoisotopic (exact) mass is 260 g/mol. The second-order valence-corrected chi connectivity index (χ2v) is 5.78. The molecule has 2 aliphatic rings. The van der Waals surface area contributed by atoms with Crippen LogP contribution in [0.15, 0.2) is 0 Å². The van der Waals surface area contributed by atoms with Gasteiger partial charge in [-0.3, -0.25) is 0 Å². The lowest BCUT2D eigenvalue weighted by Crippen LogP contribution is -2.37. The number of nitrogens with one attached hydrogen (secondary N) is 1. The van der Waals surface area contributed by atoms with Gasteiger partial charge in [-0.15, -0.1) is 12.4 Å². The van der Waals surface area contributed by atoms with Crippen molar-refractivity contribution in [1.82, 2.24) is 10.2 Å². The van der Waals surface area contributed by atoms with E-state index in [-0.39, 0.29) is 12.4 Å². The third kappa shape index (κ3) is 5.15. The third-order valence-electron chi connectivity index (χ3n) is 4.53. The zero-order valence-electron chi connectivity index (χ0n) is 11.3. The molecule has 0 atom stereocenters. The molecular weight excluding hydrogens is 232 g/mol. The van der Waals surface area contributed by atoms with E-state index in [1.807, 2.05) is 0 Å². The first-order valence-electron chi connectivity index (χ1n) is 7.25. The molecule has 1 saturated carbocycles. The highest BCUT2D eigenvalue weighted by atomic mass is 35.5. The summed E-state index contributed by atoms with van der Waals surface area (Å²) in [5.41, 5.74) is 0. The fourth-order valence-corrected chi connectivity index (χ4v) is 3.37. The Labute approximate surface area is 113 Å². The van der Waals surface area contributed by atoms with Gasteiger partial charge in [0.1, 0.15) is 0 Å². The summed E-state index contributed by atoms with van der Waals surface area (Å²) in [6, 6.07) is 0. The number of nitrogens with zero attached hydrogens (tertiary/aromatic N) is 1. The molecule has 1 N–H and O–H groups in total. The highest BCUT2D eigenvalue weighted by Gasteiger charge is 2.20. The quantitative estimate of drug-likeness (QED) is 0.818. The van der Waals surface area contributed by atoms with Gasteiger partial charge < -0.3 is 10.2 Å². The van der Waals surface area contributed by atoms with Gasteiger partial charge in [0.05, 0.1) is 0 Å². The number of hydrogen-bond donors (Lipinski definition) is 1. The van der Waals surface area contributed by atoms with E-state index in [2.05, 4.69) is 17.3 Å². The minimum absolute atomic E-state index is 0. The maximum absolute atomic E-state index is 3.31. The summed E-state index contributed by atoms with van der Waals surface area (Å²) in [6.45, 7) is 5.28. The molecule has 0 bridgehead atoms. The Balaban J connectivity index is 0.00000144. The fraction of sp³-hybridized carbons (Fsp3) is 1.00. The topological polar surface area (TPSA) is 15.3 Å². The molecule has 2 fully saturated rings. The molecule has 17 heavy (non-hydrogen) atoms. The lowest BCUT2D eigenvalue weighted by atomic mass is 9.96. The molecule has 102 valence electrons. The fourth-order valence-electron chi connectivity index (χ4n) is 3.37. The number of likely N-dealkylation sites (tertiary alicyclic amines) is 1. The summed E-state index contributed by atoms with van der Waals surface area (Å²) in [5, 5.41) is 3.31. The Kier molecular flexibility index (Phi) is 7.49. The van der Waals surface area contributed by atoms with Crippen LogP contribution in [-0.4, -0.2) is 38.1 Å². The minimum atomic E-state index is 0. The summed E-state index contributed by atoms with van der Waals surface area (Å²) in [4.78, 5) is 2.70. The second kappa shape index (κ2) is 8.34. The highest BCUT2D eigenvalue weighted by molar-refractivity contribution is 5.85. The normalized spacial score (nSPS) is 23.8. The van der Waals surface area contributed by atoms with Gasteiger partial charge in [0.15, 0.2) is 0 Å². The van der Waals surface area contributed by atoms with Crippen LogP contribution in [0.25, 0.3) is 0 Å². The van der Waals surface area contributed by atoms with Crippen molar-refractivity contribution in [2.45, 2.75) is 44.9 Å². The molecular formula is C14H29ClN2. The summed E-state index contributed by atoms with van der Waals surface area (Å²) >= 11 is 0. The van der Waals surface area contributed by atoms with E-state index in [1.54, 1.807) is 0 Å². The van der Waals surface area contributed by atoms with Crippen LogP contribution in [0.4, 0.5) is 0 Å². The molecule has 2 nitrogen and oxygen atoms in total. The molecule has 0 unspecified atom stereocenters. The number of rotatable bonds is 5. The zero-order valence-corrected chi connectivity index (χ0v) is 12.1. The molecule has 0 aromatic heterocycles. The smallest absolute Gasteiger partial charge is 0.00156 e. The average molecular weight is 261 g/mol. The van der Waals surface area contributed by atoms with Crippen LogP contribution < -0.4 is 5.32 Å². The van der Waals surface area contributed by atoms with Crippen molar-refractivity contribution in [2.24, 2.45) is 11.8 Å². The molecule has 0 radical (unpaired) electrons. The van der Waals surface area contributed by atoms with Gasteiger partial charge in [-0.25, -0.2) is 0 Å². The van der Waals surface area contributed by atoms with Crippen LogP contribution in [0.1, 0.15) is 44.9 Å². The Morgan fingerprint density at radius 2 is 1.65 bits per heavy atom. The molecule has 3 heteroatoms. The van der Waals surface area contributed by atoms with Gasteiger partial charge in [-0.2, -0.15) is 0 Å². The Morgan fingerprint density at radius 1 is 1.00 bits per heavy atom. The standard InChI is InChI=1S/C14H28N2.ClH/c1-15-12-14-7-10-16(11-8-14)9-6-13-4-2-3-5-13;/h13-15H,2-12H2,1H3;1H. The first-order valence-corrected chi connectivity index (χ1v) is 7.25. The predicted molar refractivity (Wildman–Crippen MR) is 76.9 cm³/mol. The zero-order chi connectivity index (χ0) is 11.2. The molecule has 1 saturated heterocycles. The van der Waals surface area contributed by atoms with Crippen LogP contribution in [-0.2, 0) is 0 Å². The molecule has 0 aromatic rings.